The molecule has 0 fully saturated rings. The number of fused-ring (bicyclic) bond motifs is 1. The van der Waals surface area contributed by atoms with Gasteiger partial charge in [-0.3, -0.25) is 0 Å². The van der Waals surface area contributed by atoms with Crippen LogP contribution in [-0.4, -0.2) is 22.7 Å². The van der Waals surface area contributed by atoms with Gasteiger partial charge in [0.15, 0.2) is 0 Å². The molecule has 0 saturated heterocycles. The van der Waals surface area contributed by atoms with Crippen LogP contribution in [0.15, 0.2) is 54.9 Å². The van der Waals surface area contributed by atoms with Crippen molar-refractivity contribution in [3.05, 3.63) is 66.1 Å². The highest BCUT2D eigenvalue weighted by Crippen LogP contribution is 2.24. The number of hydrogen-bond acceptors (Lipinski definition) is 4. The Kier molecular flexibility index (Phi) is 6.49. The maximum absolute atomic E-state index is 6.00. The summed E-state index contributed by atoms with van der Waals surface area (Å²) in [4.78, 5) is 4.54. The van der Waals surface area contributed by atoms with Gasteiger partial charge in [-0.15, -0.1) is 0 Å². The Bertz CT molecular complexity index is 898. The van der Waals surface area contributed by atoms with Crippen LogP contribution in [0, 0.1) is 0 Å². The summed E-state index contributed by atoms with van der Waals surface area (Å²) in [5.74, 6) is 1.58. The van der Waals surface area contributed by atoms with Gasteiger partial charge in [0.25, 0.3) is 0 Å². The third kappa shape index (κ3) is 4.89. The summed E-state index contributed by atoms with van der Waals surface area (Å²) in [5, 5.41) is 3.31. The number of aryl methyl sites for hydroxylation is 1. The molecule has 0 aliphatic heterocycles. The van der Waals surface area contributed by atoms with E-state index in [0.717, 1.165) is 53.5 Å². The van der Waals surface area contributed by atoms with E-state index in [-0.39, 0.29) is 0 Å². The molecule has 0 aliphatic carbocycles. The van der Waals surface area contributed by atoms with Crippen LogP contribution in [0.5, 0.6) is 11.5 Å². The molecule has 1 N–H and O–H groups in total. The highest BCUT2D eigenvalue weighted by atomic mass is 16.5. The van der Waals surface area contributed by atoms with Gasteiger partial charge in [-0.1, -0.05) is 19.9 Å². The molecule has 2 aromatic heterocycles. The number of ether oxygens (including phenoxy) is 2. The van der Waals surface area contributed by atoms with Crippen molar-refractivity contribution in [3.8, 4) is 11.5 Å². The van der Waals surface area contributed by atoms with Crippen molar-refractivity contribution in [2.24, 2.45) is 0 Å². The molecule has 0 spiro atoms. The van der Waals surface area contributed by atoms with Crippen molar-refractivity contribution >= 4 is 11.3 Å². The molecule has 5 heteroatoms. The molecule has 1 aromatic carbocycles. The lowest BCUT2D eigenvalue weighted by Gasteiger charge is -2.12. The van der Waals surface area contributed by atoms with Crippen LogP contribution in [0.25, 0.3) is 11.3 Å². The van der Waals surface area contributed by atoms with Gasteiger partial charge in [0.1, 0.15) is 23.9 Å². The fourth-order valence-electron chi connectivity index (χ4n) is 2.81. The van der Waals surface area contributed by atoms with Gasteiger partial charge in [-0.2, -0.15) is 0 Å². The molecule has 3 rings (SSSR count). The van der Waals surface area contributed by atoms with Crippen LogP contribution in [0.3, 0.4) is 0 Å². The first kappa shape index (κ1) is 19.0. The standard InChI is InChI=1S/C22H27N3O2/c1-4-13-26-16-23-21(6-3)17-7-9-19(10-8-17)27-20-11-12-22-24-18(5-2)14-25(22)15-20/h6-12,14-15,23H,4-5,13,16H2,1-3H3/b21-6-. The largest absolute Gasteiger partial charge is 0.456 e. The molecule has 0 atom stereocenters. The van der Waals surface area contributed by atoms with Crippen LogP contribution >= 0.6 is 0 Å². The molecule has 2 heterocycles. The first-order chi connectivity index (χ1) is 13.2. The van der Waals surface area contributed by atoms with E-state index in [4.69, 9.17) is 9.47 Å². The van der Waals surface area contributed by atoms with Crippen molar-refractivity contribution in [1.29, 1.82) is 0 Å². The highest BCUT2D eigenvalue weighted by Gasteiger charge is 2.04. The third-order valence-corrected chi connectivity index (χ3v) is 4.24. The maximum Gasteiger partial charge on any atom is 0.144 e. The second kappa shape index (κ2) is 9.24. The van der Waals surface area contributed by atoms with E-state index in [1.807, 2.05) is 66.2 Å². The maximum atomic E-state index is 6.00. The van der Waals surface area contributed by atoms with E-state index in [0.29, 0.717) is 6.73 Å². The topological polar surface area (TPSA) is 47.8 Å². The molecule has 142 valence electrons. The Hall–Kier alpha value is -2.79. The molecule has 0 radical (unpaired) electrons. The zero-order valence-corrected chi connectivity index (χ0v) is 16.2. The minimum absolute atomic E-state index is 0.510. The predicted molar refractivity (Wildman–Crippen MR) is 109 cm³/mol. The summed E-state index contributed by atoms with van der Waals surface area (Å²) in [6.07, 6.45) is 7.98. The van der Waals surface area contributed by atoms with Gasteiger partial charge in [0, 0.05) is 18.5 Å². The van der Waals surface area contributed by atoms with Crippen molar-refractivity contribution in [1.82, 2.24) is 14.7 Å². The fourth-order valence-corrected chi connectivity index (χ4v) is 2.81. The van der Waals surface area contributed by atoms with Crippen molar-refractivity contribution in [2.75, 3.05) is 13.3 Å². The number of aromatic nitrogens is 2. The lowest BCUT2D eigenvalue weighted by Crippen LogP contribution is -2.16. The van der Waals surface area contributed by atoms with Crippen LogP contribution in [-0.2, 0) is 11.2 Å². The smallest absolute Gasteiger partial charge is 0.144 e. The number of benzene rings is 1. The number of hydrogen-bond donors (Lipinski definition) is 1. The Balaban J connectivity index is 1.66. The van der Waals surface area contributed by atoms with E-state index < -0.39 is 0 Å². The third-order valence-electron chi connectivity index (χ3n) is 4.24. The van der Waals surface area contributed by atoms with E-state index in [1.54, 1.807) is 0 Å². The highest BCUT2D eigenvalue weighted by molar-refractivity contribution is 5.64. The van der Waals surface area contributed by atoms with Gasteiger partial charge in [-0.25, -0.2) is 4.98 Å². The monoisotopic (exact) mass is 365 g/mol. The van der Waals surface area contributed by atoms with Crippen LogP contribution in [0.4, 0.5) is 0 Å². The molecular formula is C22H27N3O2. The molecule has 0 aliphatic rings. The predicted octanol–water partition coefficient (Wildman–Crippen LogP) is 5.02. The number of nitrogens with zero attached hydrogens (tertiary/aromatic N) is 2. The summed E-state index contributed by atoms with van der Waals surface area (Å²) in [5.41, 5.74) is 4.15. The normalized spacial score (nSPS) is 11.7. The Morgan fingerprint density at radius 2 is 1.85 bits per heavy atom. The first-order valence-electron chi connectivity index (χ1n) is 9.47. The number of imidazole rings is 1. The molecule has 5 nitrogen and oxygen atoms in total. The van der Waals surface area contributed by atoms with E-state index in [2.05, 4.69) is 24.1 Å². The molecule has 27 heavy (non-hydrogen) atoms. The Morgan fingerprint density at radius 3 is 2.56 bits per heavy atom. The van der Waals surface area contributed by atoms with E-state index in [9.17, 15) is 0 Å². The Morgan fingerprint density at radius 1 is 1.07 bits per heavy atom. The van der Waals surface area contributed by atoms with Crippen molar-refractivity contribution in [3.63, 3.8) is 0 Å². The van der Waals surface area contributed by atoms with Crippen LogP contribution in [0.1, 0.15) is 38.4 Å². The summed E-state index contributed by atoms with van der Waals surface area (Å²) in [6, 6.07) is 12.0. The van der Waals surface area contributed by atoms with Gasteiger partial charge in [-0.05, 0) is 61.7 Å². The zero-order valence-electron chi connectivity index (χ0n) is 16.2. The fraction of sp³-hybridized carbons (Fsp3) is 0.318. The van der Waals surface area contributed by atoms with Crippen LogP contribution in [0.2, 0.25) is 0 Å². The first-order valence-corrected chi connectivity index (χ1v) is 9.47. The van der Waals surface area contributed by atoms with E-state index >= 15 is 0 Å². The lowest BCUT2D eigenvalue weighted by molar-refractivity contribution is 0.128. The number of nitrogens with one attached hydrogen (secondary N) is 1. The summed E-state index contributed by atoms with van der Waals surface area (Å²) < 4.78 is 13.5. The van der Waals surface area contributed by atoms with Gasteiger partial charge in [0.2, 0.25) is 0 Å². The van der Waals surface area contributed by atoms with Crippen LogP contribution < -0.4 is 10.1 Å². The molecule has 0 amide bonds. The van der Waals surface area contributed by atoms with Crippen molar-refractivity contribution in [2.45, 2.75) is 33.6 Å². The molecule has 3 aromatic rings. The minimum Gasteiger partial charge on any atom is -0.456 e. The van der Waals surface area contributed by atoms with Crippen molar-refractivity contribution < 1.29 is 9.47 Å². The minimum atomic E-state index is 0.510. The van der Waals surface area contributed by atoms with Gasteiger partial charge >= 0.3 is 0 Å². The average Bonchev–Trinajstić information content (AvgIpc) is 3.11. The van der Waals surface area contributed by atoms with E-state index in [1.165, 1.54) is 0 Å². The zero-order chi connectivity index (χ0) is 19.1. The number of pyridine rings is 1. The number of rotatable bonds is 9. The molecule has 0 bridgehead atoms. The Labute approximate surface area is 160 Å². The quantitative estimate of drug-likeness (QED) is 0.427. The van der Waals surface area contributed by atoms with Gasteiger partial charge < -0.3 is 19.2 Å². The lowest BCUT2D eigenvalue weighted by atomic mass is 10.1. The summed E-state index contributed by atoms with van der Waals surface area (Å²) in [6.45, 7) is 7.48. The summed E-state index contributed by atoms with van der Waals surface area (Å²) in [7, 11) is 0. The van der Waals surface area contributed by atoms with Gasteiger partial charge in [0.05, 0.1) is 11.9 Å². The average molecular weight is 365 g/mol. The molecular weight excluding hydrogens is 338 g/mol. The second-order valence-electron chi connectivity index (χ2n) is 6.27. The number of allylic oxidation sites excluding steroid dienone is 1. The molecule has 0 saturated carbocycles. The second-order valence-corrected chi connectivity index (χ2v) is 6.27. The SMILES string of the molecule is C/C=C(\NCOCCC)c1ccc(Oc2ccc3nc(CC)cn3c2)cc1. The molecule has 0 unspecified atom stereocenters. The summed E-state index contributed by atoms with van der Waals surface area (Å²) >= 11 is 0.